The highest BCUT2D eigenvalue weighted by atomic mass is 32.1. The maximum Gasteiger partial charge on any atom is 0.164 e. The molecule has 3 heterocycles. The quantitative estimate of drug-likeness (QED) is 0.171. The lowest BCUT2D eigenvalue weighted by atomic mass is 9.88. The number of furan rings is 1. The fourth-order valence-electron chi connectivity index (χ4n) is 8.52. The molecule has 0 unspecified atom stereocenters. The number of hydrogen-bond acceptors (Lipinski definition) is 5. The highest BCUT2D eigenvalue weighted by molar-refractivity contribution is 7.26. The molecule has 4 nitrogen and oxygen atoms in total. The zero-order valence-corrected chi connectivity index (χ0v) is 29.6. The van der Waals surface area contributed by atoms with Gasteiger partial charge in [0, 0.05) is 53.0 Å². The summed E-state index contributed by atoms with van der Waals surface area (Å²) in [6.07, 6.45) is 0. The first-order valence-corrected chi connectivity index (χ1v) is 18.9. The summed E-state index contributed by atoms with van der Waals surface area (Å²) < 4.78 is 9.04. The summed E-state index contributed by atoms with van der Waals surface area (Å²) >= 11 is 1.87. The fraction of sp³-hybridized carbons (Fsp3) is 0. The lowest BCUT2D eigenvalue weighted by Gasteiger charge is -2.15. The summed E-state index contributed by atoms with van der Waals surface area (Å²) in [5, 5.41) is 12.3. The number of hydrogen-bond donors (Lipinski definition) is 0. The van der Waals surface area contributed by atoms with Crippen molar-refractivity contribution in [1.82, 2.24) is 15.0 Å². The molecule has 0 aliphatic heterocycles. The van der Waals surface area contributed by atoms with Crippen LogP contribution in [0.2, 0.25) is 0 Å². The summed E-state index contributed by atoms with van der Waals surface area (Å²) in [6.45, 7) is 0. The van der Waals surface area contributed by atoms with Crippen LogP contribution in [0.1, 0.15) is 0 Å². The normalized spacial score (nSPS) is 12.1. The van der Waals surface area contributed by atoms with Gasteiger partial charge < -0.3 is 4.42 Å². The van der Waals surface area contributed by atoms with Gasteiger partial charge in [0.15, 0.2) is 17.5 Å². The predicted molar refractivity (Wildman–Crippen MR) is 225 cm³/mol. The maximum atomic E-state index is 6.44. The Morgan fingerprint density at radius 3 is 1.69 bits per heavy atom. The number of benzene rings is 9. The number of para-hydroxylation sites is 1. The molecule has 54 heavy (non-hydrogen) atoms. The third-order valence-corrected chi connectivity index (χ3v) is 12.0. The van der Waals surface area contributed by atoms with Crippen LogP contribution in [-0.2, 0) is 0 Å². The topological polar surface area (TPSA) is 51.8 Å². The Hall–Kier alpha value is -6.95. The first-order valence-electron chi connectivity index (χ1n) is 18.1. The van der Waals surface area contributed by atoms with E-state index in [4.69, 9.17) is 19.4 Å². The van der Waals surface area contributed by atoms with Gasteiger partial charge in [-0.15, -0.1) is 11.3 Å². The van der Waals surface area contributed by atoms with Gasteiger partial charge in [0.25, 0.3) is 0 Å². The molecular weight excluding hydrogens is 679 g/mol. The average Bonchev–Trinajstić information content (AvgIpc) is 3.82. The number of rotatable bonds is 4. The Bertz CT molecular complexity index is 3380. The van der Waals surface area contributed by atoms with Crippen LogP contribution in [0.15, 0.2) is 168 Å². The molecule has 12 rings (SSSR count). The second-order valence-electron chi connectivity index (χ2n) is 13.9. The lowest BCUT2D eigenvalue weighted by Crippen LogP contribution is -2.00. The molecule has 0 amide bonds. The predicted octanol–water partition coefficient (Wildman–Crippen LogP) is 13.7. The molecule has 0 fully saturated rings. The van der Waals surface area contributed by atoms with Gasteiger partial charge in [0.2, 0.25) is 0 Å². The summed E-state index contributed by atoms with van der Waals surface area (Å²) in [6, 6.07) is 57.7. The Balaban J connectivity index is 1.14. The molecule has 5 heteroatoms. The maximum absolute atomic E-state index is 6.44. The van der Waals surface area contributed by atoms with Gasteiger partial charge in [-0.3, -0.25) is 0 Å². The van der Waals surface area contributed by atoms with E-state index in [1.54, 1.807) is 0 Å². The van der Waals surface area contributed by atoms with Crippen molar-refractivity contribution in [2.45, 2.75) is 0 Å². The third-order valence-electron chi connectivity index (χ3n) is 10.9. The summed E-state index contributed by atoms with van der Waals surface area (Å²) in [4.78, 5) is 15.1. The van der Waals surface area contributed by atoms with Crippen molar-refractivity contribution in [3.8, 4) is 45.3 Å². The molecule has 9 aromatic carbocycles. The molecule has 0 bridgehead atoms. The summed E-state index contributed by atoms with van der Waals surface area (Å²) in [5.41, 5.74) is 7.04. The Labute approximate surface area is 313 Å². The van der Waals surface area contributed by atoms with E-state index in [0.717, 1.165) is 44.0 Å². The molecule has 0 saturated heterocycles. The third kappa shape index (κ3) is 4.27. The van der Waals surface area contributed by atoms with Crippen molar-refractivity contribution < 1.29 is 4.42 Å². The molecule has 3 aromatic heterocycles. The fourth-order valence-corrected chi connectivity index (χ4v) is 9.72. The summed E-state index contributed by atoms with van der Waals surface area (Å²) in [7, 11) is 0. The van der Waals surface area contributed by atoms with Gasteiger partial charge in [0.1, 0.15) is 11.2 Å². The van der Waals surface area contributed by atoms with E-state index >= 15 is 0 Å². The molecule has 0 saturated carbocycles. The Morgan fingerprint density at radius 1 is 0.333 bits per heavy atom. The van der Waals surface area contributed by atoms with Crippen LogP contribution in [0.4, 0.5) is 0 Å². The van der Waals surface area contributed by atoms with E-state index in [1.807, 2.05) is 78.1 Å². The molecular formula is C49H27N3OS. The number of nitrogens with zero attached hydrogens (tertiary/aromatic N) is 3. The Kier molecular flexibility index (Phi) is 6.18. The number of fused-ring (bicyclic) bond motifs is 8. The smallest absolute Gasteiger partial charge is 0.164 e. The minimum absolute atomic E-state index is 0.649. The van der Waals surface area contributed by atoms with Crippen LogP contribution >= 0.6 is 11.3 Å². The Morgan fingerprint density at radius 2 is 0.926 bits per heavy atom. The first kappa shape index (κ1) is 29.6. The van der Waals surface area contributed by atoms with Crippen molar-refractivity contribution in [3.05, 3.63) is 164 Å². The van der Waals surface area contributed by atoms with Crippen LogP contribution in [0.25, 0.3) is 120 Å². The SMILES string of the molecule is c1ccc(-c2nc(-c3ccccc3)nc(-c3ccc(-c4cc5sc6cccc7c8ccc9oc%10ccccc%10c9c8c(c4)c5c67)c4ccccc34)n2)cc1. The first-order chi connectivity index (χ1) is 26.8. The molecule has 0 N–H and O–H groups in total. The van der Waals surface area contributed by atoms with E-state index in [1.165, 1.54) is 58.2 Å². The van der Waals surface area contributed by atoms with Gasteiger partial charge in [-0.05, 0) is 80.5 Å². The molecule has 0 radical (unpaired) electrons. The molecule has 0 aliphatic rings. The molecule has 0 aliphatic carbocycles. The number of thiophene rings is 1. The van der Waals surface area contributed by atoms with Gasteiger partial charge >= 0.3 is 0 Å². The minimum atomic E-state index is 0.649. The zero-order chi connectivity index (χ0) is 35.3. The van der Waals surface area contributed by atoms with Crippen LogP contribution < -0.4 is 0 Å². The highest BCUT2D eigenvalue weighted by Crippen LogP contribution is 2.50. The second kappa shape index (κ2) is 11.3. The number of aromatic nitrogens is 3. The van der Waals surface area contributed by atoms with Gasteiger partial charge in [-0.25, -0.2) is 15.0 Å². The molecule has 12 aromatic rings. The van der Waals surface area contributed by atoms with E-state index in [0.29, 0.717) is 17.5 Å². The summed E-state index contributed by atoms with van der Waals surface area (Å²) in [5.74, 6) is 1.95. The van der Waals surface area contributed by atoms with Crippen molar-refractivity contribution in [2.75, 3.05) is 0 Å². The van der Waals surface area contributed by atoms with Crippen molar-refractivity contribution in [1.29, 1.82) is 0 Å². The van der Waals surface area contributed by atoms with Crippen LogP contribution in [-0.4, -0.2) is 15.0 Å². The second-order valence-corrected chi connectivity index (χ2v) is 15.0. The molecule has 0 atom stereocenters. The van der Waals surface area contributed by atoms with Crippen LogP contribution in [0, 0.1) is 0 Å². The van der Waals surface area contributed by atoms with E-state index < -0.39 is 0 Å². The highest BCUT2D eigenvalue weighted by Gasteiger charge is 2.22. The van der Waals surface area contributed by atoms with Gasteiger partial charge in [0.05, 0.1) is 0 Å². The van der Waals surface area contributed by atoms with Gasteiger partial charge in [-0.1, -0.05) is 121 Å². The van der Waals surface area contributed by atoms with Crippen LogP contribution in [0.3, 0.4) is 0 Å². The van der Waals surface area contributed by atoms with Crippen molar-refractivity contribution in [3.63, 3.8) is 0 Å². The van der Waals surface area contributed by atoms with Crippen molar-refractivity contribution in [2.24, 2.45) is 0 Å². The van der Waals surface area contributed by atoms with Gasteiger partial charge in [-0.2, -0.15) is 0 Å². The van der Waals surface area contributed by atoms with E-state index in [-0.39, 0.29) is 0 Å². The monoisotopic (exact) mass is 705 g/mol. The molecule has 0 spiro atoms. The van der Waals surface area contributed by atoms with Crippen molar-refractivity contribution >= 4 is 85.8 Å². The minimum Gasteiger partial charge on any atom is -0.456 e. The average molecular weight is 706 g/mol. The molecule has 250 valence electrons. The standard InChI is InChI=1S/C49H27N3OS/c1-3-12-28(13-4-1)47-50-48(29-14-5-2-6-15-29)52-49(51-47)36-23-22-31(32-16-7-8-17-33(32)36)30-26-38-43-35(24-25-40-44(43)37-18-9-10-20-39(37)53-40)34-19-11-21-41-45(34)46(38)42(27-30)54-41/h1-27H. The largest absolute Gasteiger partial charge is 0.456 e. The van der Waals surface area contributed by atoms with Crippen LogP contribution in [0.5, 0.6) is 0 Å². The lowest BCUT2D eigenvalue weighted by molar-refractivity contribution is 0.669. The van der Waals surface area contributed by atoms with E-state index in [9.17, 15) is 0 Å². The van der Waals surface area contributed by atoms with E-state index in [2.05, 4.69) is 97.1 Å². The zero-order valence-electron chi connectivity index (χ0n) is 28.7.